The van der Waals surface area contributed by atoms with Crippen molar-refractivity contribution in [3.8, 4) is 0 Å². The van der Waals surface area contributed by atoms with Gasteiger partial charge >= 0.3 is 0 Å². The fourth-order valence-corrected chi connectivity index (χ4v) is 2.06. The molecule has 0 aromatic heterocycles. The second-order valence-corrected chi connectivity index (χ2v) is 4.51. The number of carbonyl (C=O) groups excluding carboxylic acids is 1. The third kappa shape index (κ3) is 3.85. The van der Waals surface area contributed by atoms with Gasteiger partial charge in [-0.2, -0.15) is 0 Å². The molecule has 0 heterocycles. The monoisotopic (exact) mass is 231 g/mol. The average molecular weight is 231 g/mol. The third-order valence-corrected chi connectivity index (χ3v) is 2.89. The number of hydrogen-bond acceptors (Lipinski definition) is 2. The maximum Gasteiger partial charge on any atom is 0.125 e. The molecular weight excluding hydrogens is 210 g/mol. The van der Waals surface area contributed by atoms with E-state index in [1.165, 1.54) is 0 Å². The fraction of sp³-hybridized carbons (Fsp3) is 0.467. The molecule has 0 fully saturated rings. The van der Waals surface area contributed by atoms with E-state index in [9.17, 15) is 4.79 Å². The molecule has 0 aliphatic heterocycles. The first-order valence-electron chi connectivity index (χ1n) is 6.16. The average Bonchev–Trinajstić information content (AvgIpc) is 2.35. The molecule has 92 valence electrons. The van der Waals surface area contributed by atoms with Gasteiger partial charge in [-0.05, 0) is 32.5 Å². The Morgan fingerprint density at radius 1 is 1.29 bits per heavy atom. The zero-order chi connectivity index (χ0) is 12.7. The minimum atomic E-state index is 0.0558. The molecule has 1 aromatic rings. The molecular formula is C15H21NO. The molecule has 1 unspecified atom stereocenters. The van der Waals surface area contributed by atoms with Gasteiger partial charge in [-0.3, -0.25) is 4.90 Å². The predicted octanol–water partition coefficient (Wildman–Crippen LogP) is 3.24. The number of likely N-dealkylation sites (N-methyl/N-ethyl adjacent to an activating group) is 1. The Hall–Kier alpha value is -1.37. The highest BCUT2D eigenvalue weighted by Gasteiger charge is 2.19. The van der Waals surface area contributed by atoms with E-state index in [1.807, 2.05) is 32.3 Å². The van der Waals surface area contributed by atoms with E-state index in [4.69, 9.17) is 0 Å². The van der Waals surface area contributed by atoms with Gasteiger partial charge in [0.1, 0.15) is 5.94 Å². The highest BCUT2D eigenvalue weighted by molar-refractivity contribution is 5.56. The van der Waals surface area contributed by atoms with Crippen molar-refractivity contribution in [3.05, 3.63) is 41.5 Å². The highest BCUT2D eigenvalue weighted by atomic mass is 16.1. The van der Waals surface area contributed by atoms with Crippen LogP contribution in [0.25, 0.3) is 0 Å². The van der Waals surface area contributed by atoms with Crippen LogP contribution in [0, 0.1) is 0 Å². The topological polar surface area (TPSA) is 20.3 Å². The van der Waals surface area contributed by atoms with Crippen LogP contribution >= 0.6 is 0 Å². The Labute approximate surface area is 104 Å². The summed E-state index contributed by atoms with van der Waals surface area (Å²) in [5, 5.41) is 0. The minimum absolute atomic E-state index is 0.0558. The van der Waals surface area contributed by atoms with Gasteiger partial charge in [0.05, 0.1) is 6.04 Å². The standard InChI is InChI=1S/C15H21NO/c1-4-5-9-14(12-17)15(16(2)3)13-10-7-6-8-11-13/h6-8,10-11,15H,4-5,9H2,1-3H3. The maximum atomic E-state index is 11.1. The first-order valence-corrected chi connectivity index (χ1v) is 6.16. The van der Waals surface area contributed by atoms with Crippen molar-refractivity contribution in [2.45, 2.75) is 32.2 Å². The van der Waals surface area contributed by atoms with E-state index in [-0.39, 0.29) is 6.04 Å². The molecule has 1 aromatic carbocycles. The summed E-state index contributed by atoms with van der Waals surface area (Å²) in [6, 6.07) is 10.2. The summed E-state index contributed by atoms with van der Waals surface area (Å²) in [5.74, 6) is 2.14. The van der Waals surface area contributed by atoms with Crippen molar-refractivity contribution < 1.29 is 4.79 Å². The van der Waals surface area contributed by atoms with E-state index >= 15 is 0 Å². The highest BCUT2D eigenvalue weighted by Crippen LogP contribution is 2.27. The number of rotatable bonds is 6. The minimum Gasteiger partial charge on any atom is -0.298 e. The van der Waals surface area contributed by atoms with Crippen LogP contribution in [0.5, 0.6) is 0 Å². The number of nitrogens with zero attached hydrogens (tertiary/aromatic N) is 1. The Balaban J connectivity index is 2.97. The summed E-state index contributed by atoms with van der Waals surface area (Å²) >= 11 is 0. The molecule has 0 spiro atoms. The molecule has 17 heavy (non-hydrogen) atoms. The van der Waals surface area contributed by atoms with Crippen LogP contribution in [0.2, 0.25) is 0 Å². The van der Waals surface area contributed by atoms with Gasteiger partial charge in [0.25, 0.3) is 0 Å². The number of unbranched alkanes of at least 4 members (excludes halogenated alkanes) is 1. The van der Waals surface area contributed by atoms with Crippen LogP contribution in [0.4, 0.5) is 0 Å². The summed E-state index contributed by atoms with van der Waals surface area (Å²) in [6.45, 7) is 2.13. The molecule has 1 atom stereocenters. The quantitative estimate of drug-likeness (QED) is 0.700. The van der Waals surface area contributed by atoms with E-state index in [0.29, 0.717) is 0 Å². The van der Waals surface area contributed by atoms with E-state index in [2.05, 4.69) is 29.9 Å². The number of benzene rings is 1. The van der Waals surface area contributed by atoms with Crippen molar-refractivity contribution in [2.24, 2.45) is 0 Å². The molecule has 0 N–H and O–H groups in total. The molecule has 1 rings (SSSR count). The second-order valence-electron chi connectivity index (χ2n) is 4.51. The lowest BCUT2D eigenvalue weighted by Crippen LogP contribution is -2.22. The fourth-order valence-electron chi connectivity index (χ4n) is 2.06. The van der Waals surface area contributed by atoms with Gasteiger partial charge in [0.2, 0.25) is 0 Å². The zero-order valence-electron chi connectivity index (χ0n) is 10.9. The van der Waals surface area contributed by atoms with E-state index < -0.39 is 0 Å². The summed E-state index contributed by atoms with van der Waals surface area (Å²) in [4.78, 5) is 13.2. The van der Waals surface area contributed by atoms with E-state index in [0.717, 1.165) is 30.4 Å². The van der Waals surface area contributed by atoms with Gasteiger partial charge in [-0.25, -0.2) is 4.79 Å². The lowest BCUT2D eigenvalue weighted by atomic mass is 9.95. The van der Waals surface area contributed by atoms with Crippen LogP contribution in [-0.4, -0.2) is 24.9 Å². The van der Waals surface area contributed by atoms with Gasteiger partial charge in [-0.1, -0.05) is 43.7 Å². The van der Waals surface area contributed by atoms with Crippen molar-refractivity contribution in [2.75, 3.05) is 14.1 Å². The molecule has 0 radical (unpaired) electrons. The maximum absolute atomic E-state index is 11.1. The van der Waals surface area contributed by atoms with Crippen molar-refractivity contribution in [1.29, 1.82) is 0 Å². The molecule has 2 heteroatoms. The molecule has 0 saturated heterocycles. The van der Waals surface area contributed by atoms with Gasteiger partial charge in [0.15, 0.2) is 0 Å². The predicted molar refractivity (Wildman–Crippen MR) is 71.6 cm³/mol. The first-order chi connectivity index (χ1) is 8.20. The van der Waals surface area contributed by atoms with Crippen molar-refractivity contribution >= 4 is 5.94 Å². The molecule has 0 amide bonds. The summed E-state index contributed by atoms with van der Waals surface area (Å²) in [7, 11) is 4.00. The normalized spacial score (nSPS) is 12.2. The first kappa shape index (κ1) is 13.7. The second kappa shape index (κ2) is 7.05. The van der Waals surface area contributed by atoms with Gasteiger partial charge in [-0.15, -0.1) is 0 Å². The van der Waals surface area contributed by atoms with Crippen LogP contribution in [0.3, 0.4) is 0 Å². The molecule has 0 aliphatic rings. The SMILES string of the molecule is CCCCC(=C=O)C(c1ccccc1)N(C)C. The summed E-state index contributed by atoms with van der Waals surface area (Å²) in [5.41, 5.74) is 2.01. The molecule has 0 aliphatic carbocycles. The van der Waals surface area contributed by atoms with Crippen molar-refractivity contribution in [1.82, 2.24) is 4.90 Å². The number of hydrogen-bond donors (Lipinski definition) is 0. The molecule has 0 saturated carbocycles. The van der Waals surface area contributed by atoms with Crippen LogP contribution in [-0.2, 0) is 4.79 Å². The lowest BCUT2D eigenvalue weighted by molar-refractivity contribution is 0.331. The Kier molecular flexibility index (Phi) is 5.68. The van der Waals surface area contributed by atoms with Gasteiger partial charge < -0.3 is 0 Å². The summed E-state index contributed by atoms with van der Waals surface area (Å²) in [6.07, 6.45) is 2.97. The van der Waals surface area contributed by atoms with Crippen LogP contribution < -0.4 is 0 Å². The Morgan fingerprint density at radius 3 is 2.41 bits per heavy atom. The largest absolute Gasteiger partial charge is 0.298 e. The molecule has 0 bridgehead atoms. The zero-order valence-corrected chi connectivity index (χ0v) is 10.9. The Bertz CT molecular complexity index is 377. The Morgan fingerprint density at radius 2 is 1.94 bits per heavy atom. The van der Waals surface area contributed by atoms with Gasteiger partial charge in [0, 0.05) is 5.57 Å². The van der Waals surface area contributed by atoms with Crippen molar-refractivity contribution in [3.63, 3.8) is 0 Å². The molecule has 2 nitrogen and oxygen atoms in total. The third-order valence-electron chi connectivity index (χ3n) is 2.89. The summed E-state index contributed by atoms with van der Waals surface area (Å²) < 4.78 is 0. The lowest BCUT2D eigenvalue weighted by Gasteiger charge is -2.25. The van der Waals surface area contributed by atoms with Crippen LogP contribution in [0.15, 0.2) is 35.9 Å². The van der Waals surface area contributed by atoms with Crippen LogP contribution in [0.1, 0.15) is 37.8 Å². The smallest absolute Gasteiger partial charge is 0.125 e. The van der Waals surface area contributed by atoms with E-state index in [1.54, 1.807) is 0 Å².